The van der Waals surface area contributed by atoms with Crippen molar-refractivity contribution in [2.45, 2.75) is 0 Å². The van der Waals surface area contributed by atoms with Crippen LogP contribution in [0.25, 0.3) is 137 Å². The van der Waals surface area contributed by atoms with Gasteiger partial charge in [0.1, 0.15) is 0 Å². The molecule has 14 aromatic rings. The maximum atomic E-state index is 2.67. The molecule has 0 saturated heterocycles. The Bertz CT molecular complexity index is 4460. The molecule has 0 bridgehead atoms. The lowest BCUT2D eigenvalue weighted by atomic mass is 9.34. The van der Waals surface area contributed by atoms with Crippen molar-refractivity contribution < 1.29 is 0 Å². The SMILES string of the molecule is c1ccc2c(c1)-c1cccc3ccc4c(c13)c1c-2ccc2c1n4-c1cc(-n3c4ccc5ccccc5c4c4c5ccccc5ccc43)cc3c1B2c1cccc2c4ccccc4n-3c12. The molecule has 0 N–H and O–H groups in total. The van der Waals surface area contributed by atoms with Gasteiger partial charge in [0.15, 0.2) is 0 Å². The zero-order chi connectivity index (χ0) is 41.1. The van der Waals surface area contributed by atoms with Crippen molar-refractivity contribution >= 4 is 121 Å². The van der Waals surface area contributed by atoms with Gasteiger partial charge in [-0.05, 0) is 107 Å². The number of para-hydroxylation sites is 2. The van der Waals surface area contributed by atoms with Gasteiger partial charge in [-0.25, -0.2) is 0 Å². The van der Waals surface area contributed by atoms with E-state index < -0.39 is 0 Å². The molecule has 0 spiro atoms. The zero-order valence-corrected chi connectivity index (χ0v) is 34.4. The first-order valence-electron chi connectivity index (χ1n) is 22.5. The fourth-order valence-corrected chi connectivity index (χ4v) is 13.2. The summed E-state index contributed by atoms with van der Waals surface area (Å²) in [5, 5.41) is 15.6. The van der Waals surface area contributed by atoms with Gasteiger partial charge in [0.25, 0.3) is 6.71 Å². The van der Waals surface area contributed by atoms with Crippen molar-refractivity contribution in [3.8, 4) is 39.3 Å². The van der Waals surface area contributed by atoms with E-state index in [2.05, 4.69) is 208 Å². The molecule has 5 heterocycles. The van der Waals surface area contributed by atoms with Gasteiger partial charge in [0.05, 0.1) is 33.3 Å². The van der Waals surface area contributed by atoms with E-state index in [0.29, 0.717) is 0 Å². The number of hydrogen-bond acceptors (Lipinski definition) is 0. The van der Waals surface area contributed by atoms with Gasteiger partial charge in [-0.3, -0.25) is 0 Å². The highest BCUT2D eigenvalue weighted by molar-refractivity contribution is 7.00. The molecular weight excluding hydrogens is 773 g/mol. The summed E-state index contributed by atoms with van der Waals surface area (Å²) in [5.74, 6) is 0. The Balaban J connectivity index is 1.11. The standard InChI is InChI=1S/C60H32BN3/c1-3-14-37-33(11-1)23-28-48-54(37)55-38-15-4-2-12-34(38)24-29-49(55)62(48)36-31-51-58-52(32-36)64-50-30-25-35-13-9-19-42-39-16-5-6-17-40(39)43-26-27-46(60(64)56(43)57(50)53(35)42)61(58)45-21-10-20-44-41-18-7-8-22-47(41)63(51)59(44)45/h1-32H. The number of fused-ring (bicyclic) bond motifs is 18. The molecule has 64 heavy (non-hydrogen) atoms. The summed E-state index contributed by atoms with van der Waals surface area (Å²) in [6.45, 7) is 0.0423. The molecule has 0 unspecified atom stereocenters. The van der Waals surface area contributed by atoms with Crippen LogP contribution in [0.3, 0.4) is 0 Å². The maximum absolute atomic E-state index is 2.67. The molecule has 0 saturated carbocycles. The molecule has 0 atom stereocenters. The van der Waals surface area contributed by atoms with Crippen LogP contribution in [0.1, 0.15) is 0 Å². The molecule has 3 aliphatic rings. The zero-order valence-electron chi connectivity index (χ0n) is 34.4. The van der Waals surface area contributed by atoms with Crippen molar-refractivity contribution in [1.82, 2.24) is 13.7 Å². The largest absolute Gasteiger partial charge is 0.310 e. The summed E-state index contributed by atoms with van der Waals surface area (Å²) in [7, 11) is 0. The summed E-state index contributed by atoms with van der Waals surface area (Å²) in [6.07, 6.45) is 0. The van der Waals surface area contributed by atoms with Crippen LogP contribution < -0.4 is 16.4 Å². The fraction of sp³-hybridized carbons (Fsp3) is 0. The number of benzene rings is 11. The van der Waals surface area contributed by atoms with Crippen LogP contribution in [0.15, 0.2) is 194 Å². The molecule has 4 heteroatoms. The maximum Gasteiger partial charge on any atom is 0.252 e. The average molecular weight is 806 g/mol. The Morgan fingerprint density at radius 3 is 1.56 bits per heavy atom. The van der Waals surface area contributed by atoms with Gasteiger partial charge >= 0.3 is 0 Å². The summed E-state index contributed by atoms with van der Waals surface area (Å²) >= 11 is 0. The van der Waals surface area contributed by atoms with Gasteiger partial charge in [-0.1, -0.05) is 158 Å². The second-order valence-corrected chi connectivity index (χ2v) is 18.3. The topological polar surface area (TPSA) is 14.8 Å². The highest BCUT2D eigenvalue weighted by Gasteiger charge is 2.42. The first-order chi connectivity index (χ1) is 31.8. The molecule has 0 amide bonds. The van der Waals surface area contributed by atoms with E-state index in [-0.39, 0.29) is 6.71 Å². The first kappa shape index (κ1) is 32.4. The van der Waals surface area contributed by atoms with Gasteiger partial charge in [0.2, 0.25) is 0 Å². The molecular formula is C60H32BN3. The lowest BCUT2D eigenvalue weighted by Gasteiger charge is -2.34. The van der Waals surface area contributed by atoms with Crippen LogP contribution in [0.5, 0.6) is 0 Å². The third kappa shape index (κ3) is 3.59. The molecule has 3 aromatic heterocycles. The number of hydrogen-bond donors (Lipinski definition) is 0. The van der Waals surface area contributed by atoms with E-state index in [1.165, 1.54) is 148 Å². The average Bonchev–Trinajstić information content (AvgIpc) is 3.98. The predicted molar refractivity (Wildman–Crippen MR) is 271 cm³/mol. The normalized spacial score (nSPS) is 13.3. The molecule has 3 nitrogen and oxygen atoms in total. The van der Waals surface area contributed by atoms with Crippen LogP contribution in [0.2, 0.25) is 0 Å². The van der Waals surface area contributed by atoms with E-state index >= 15 is 0 Å². The van der Waals surface area contributed by atoms with E-state index in [9.17, 15) is 0 Å². The minimum atomic E-state index is 0.0423. The lowest BCUT2D eigenvalue weighted by molar-refractivity contribution is 1.10. The Labute approximate surface area is 366 Å². The molecule has 290 valence electrons. The summed E-state index contributed by atoms with van der Waals surface area (Å²) in [4.78, 5) is 0. The van der Waals surface area contributed by atoms with E-state index in [4.69, 9.17) is 0 Å². The van der Waals surface area contributed by atoms with Crippen LogP contribution in [-0.4, -0.2) is 20.4 Å². The van der Waals surface area contributed by atoms with Gasteiger partial charge < -0.3 is 13.7 Å². The molecule has 1 aliphatic carbocycles. The molecule has 17 rings (SSSR count). The Hall–Kier alpha value is -8.34. The number of rotatable bonds is 1. The smallest absolute Gasteiger partial charge is 0.252 e. The molecule has 0 radical (unpaired) electrons. The highest BCUT2D eigenvalue weighted by atomic mass is 15.1. The van der Waals surface area contributed by atoms with Crippen LogP contribution in [0.4, 0.5) is 0 Å². The second kappa shape index (κ2) is 11.0. The minimum Gasteiger partial charge on any atom is -0.310 e. The quantitative estimate of drug-likeness (QED) is 0.147. The molecule has 2 aliphatic heterocycles. The van der Waals surface area contributed by atoms with Gasteiger partial charge in [-0.2, -0.15) is 0 Å². The van der Waals surface area contributed by atoms with Crippen molar-refractivity contribution in [2.24, 2.45) is 0 Å². The molecule has 0 fully saturated rings. The Kier molecular flexibility index (Phi) is 5.56. The summed E-state index contributed by atoms with van der Waals surface area (Å²) in [5.41, 5.74) is 20.6. The minimum absolute atomic E-state index is 0.0423. The van der Waals surface area contributed by atoms with Gasteiger partial charge in [-0.15, -0.1) is 0 Å². The van der Waals surface area contributed by atoms with E-state index in [0.717, 1.165) is 5.69 Å². The fourth-order valence-electron chi connectivity index (χ4n) is 13.2. The summed E-state index contributed by atoms with van der Waals surface area (Å²) < 4.78 is 7.84. The highest BCUT2D eigenvalue weighted by Crippen LogP contribution is 2.51. The van der Waals surface area contributed by atoms with Crippen LogP contribution in [-0.2, 0) is 0 Å². The third-order valence-electron chi connectivity index (χ3n) is 15.5. The summed E-state index contributed by atoms with van der Waals surface area (Å²) in [6, 6.07) is 73.9. The first-order valence-corrected chi connectivity index (χ1v) is 22.5. The second-order valence-electron chi connectivity index (χ2n) is 18.3. The number of aromatic nitrogens is 3. The molecule has 11 aromatic carbocycles. The van der Waals surface area contributed by atoms with Crippen LogP contribution >= 0.6 is 0 Å². The third-order valence-corrected chi connectivity index (χ3v) is 15.5. The van der Waals surface area contributed by atoms with Crippen molar-refractivity contribution in [1.29, 1.82) is 0 Å². The monoisotopic (exact) mass is 805 g/mol. The Morgan fingerprint density at radius 2 is 0.828 bits per heavy atom. The predicted octanol–water partition coefficient (Wildman–Crippen LogP) is 13.2. The van der Waals surface area contributed by atoms with Gasteiger partial charge in [0, 0.05) is 49.2 Å². The van der Waals surface area contributed by atoms with Crippen molar-refractivity contribution in [3.63, 3.8) is 0 Å². The van der Waals surface area contributed by atoms with E-state index in [1.54, 1.807) is 0 Å². The Morgan fingerprint density at radius 1 is 0.297 bits per heavy atom. The number of nitrogens with zero attached hydrogens (tertiary/aromatic N) is 3. The lowest BCUT2D eigenvalue weighted by Crippen LogP contribution is -2.59. The van der Waals surface area contributed by atoms with Crippen molar-refractivity contribution in [2.75, 3.05) is 0 Å². The van der Waals surface area contributed by atoms with E-state index in [1.807, 2.05) is 0 Å². The van der Waals surface area contributed by atoms with Crippen molar-refractivity contribution in [3.05, 3.63) is 194 Å². The van der Waals surface area contributed by atoms with Crippen LogP contribution in [0, 0.1) is 0 Å².